The summed E-state index contributed by atoms with van der Waals surface area (Å²) in [6, 6.07) is 5.53. The van der Waals surface area contributed by atoms with Crippen LogP contribution in [0.3, 0.4) is 0 Å². The molecule has 3 N–H and O–H groups in total. The average molecular weight is 206 g/mol. The van der Waals surface area contributed by atoms with E-state index in [0.717, 1.165) is 11.3 Å². The number of hydrogen-bond donors (Lipinski definition) is 3. The number of aryl methyl sites for hydroxylation is 1. The molecule has 4 heteroatoms. The van der Waals surface area contributed by atoms with Gasteiger partial charge in [0, 0.05) is 18.3 Å². The number of aliphatic carboxylic acids is 1. The molecule has 4 nitrogen and oxygen atoms in total. The molecule has 0 aromatic heterocycles. The van der Waals surface area contributed by atoms with Gasteiger partial charge in [0.05, 0.1) is 12.1 Å². The molecule has 0 aliphatic rings. The molecule has 0 fully saturated rings. The fourth-order valence-electron chi connectivity index (χ4n) is 1.37. The highest BCUT2D eigenvalue weighted by Gasteiger charge is 2.10. The van der Waals surface area contributed by atoms with Crippen LogP contribution in [-0.2, 0) is 4.79 Å². The Morgan fingerprint density at radius 2 is 2.20 bits per heavy atom. The van der Waals surface area contributed by atoms with E-state index in [1.54, 1.807) is 13.1 Å². The maximum absolute atomic E-state index is 10.5. The summed E-state index contributed by atoms with van der Waals surface area (Å²) in [5.41, 5.74) is 2.63. The van der Waals surface area contributed by atoms with Crippen LogP contribution in [0.1, 0.15) is 17.5 Å². The fraction of sp³-hybridized carbons (Fsp3) is 0.273. The Hall–Kier alpha value is -1.84. The number of carboxylic acids is 1. The first-order valence-corrected chi connectivity index (χ1v) is 4.62. The Kier molecular flexibility index (Phi) is 3.44. The molecule has 0 unspecified atom stereocenters. The summed E-state index contributed by atoms with van der Waals surface area (Å²) >= 11 is 0. The normalized spacial score (nSPS) is 9.73. The molecule has 0 atom stereocenters. The van der Waals surface area contributed by atoms with E-state index < -0.39 is 5.97 Å². The fourth-order valence-corrected chi connectivity index (χ4v) is 1.37. The van der Waals surface area contributed by atoms with Gasteiger partial charge >= 0.3 is 5.97 Å². The third-order valence-electron chi connectivity index (χ3n) is 2.10. The zero-order valence-corrected chi connectivity index (χ0v) is 8.79. The molecule has 0 aliphatic heterocycles. The molecule has 15 heavy (non-hydrogen) atoms. The van der Waals surface area contributed by atoms with Gasteiger partial charge in [0.25, 0.3) is 0 Å². The quantitative estimate of drug-likeness (QED) is 0.658. The first-order chi connectivity index (χ1) is 7.04. The molecule has 80 valence electrons. The van der Waals surface area contributed by atoms with E-state index in [4.69, 9.17) is 10.5 Å². The third kappa shape index (κ3) is 2.80. The number of hydrogen-bond acceptors (Lipinski definition) is 3. The number of nitrogens with one attached hydrogen (secondary N) is 2. The standard InChI is InChI=1S/C11H14N2O2/c1-7-3-4-8(10(5-7)13-2)9(12)6-11(14)15/h3-5,12-13H,6H2,1-2H3,(H,14,15). The largest absolute Gasteiger partial charge is 0.481 e. The maximum atomic E-state index is 10.5. The summed E-state index contributed by atoms with van der Waals surface area (Å²) in [6.45, 7) is 1.95. The Morgan fingerprint density at radius 3 is 2.73 bits per heavy atom. The van der Waals surface area contributed by atoms with E-state index in [2.05, 4.69) is 5.32 Å². The van der Waals surface area contributed by atoms with Crippen LogP contribution < -0.4 is 5.32 Å². The lowest BCUT2D eigenvalue weighted by Crippen LogP contribution is -2.09. The minimum absolute atomic E-state index is 0.117. The average Bonchev–Trinajstić information content (AvgIpc) is 2.16. The topological polar surface area (TPSA) is 73.2 Å². The Morgan fingerprint density at radius 1 is 1.53 bits per heavy atom. The second-order valence-electron chi connectivity index (χ2n) is 3.35. The molecular weight excluding hydrogens is 192 g/mol. The van der Waals surface area contributed by atoms with Gasteiger partial charge in [-0.25, -0.2) is 0 Å². The lowest BCUT2D eigenvalue weighted by molar-refractivity contribution is -0.135. The van der Waals surface area contributed by atoms with Crippen LogP contribution in [0.5, 0.6) is 0 Å². The summed E-state index contributed by atoms with van der Waals surface area (Å²) in [7, 11) is 1.76. The third-order valence-corrected chi connectivity index (χ3v) is 2.10. The molecular formula is C11H14N2O2. The second-order valence-corrected chi connectivity index (χ2v) is 3.35. The van der Waals surface area contributed by atoms with E-state index >= 15 is 0 Å². The molecule has 0 saturated heterocycles. The van der Waals surface area contributed by atoms with E-state index in [9.17, 15) is 4.79 Å². The predicted octanol–water partition coefficient (Wildman–Crippen LogP) is 1.88. The van der Waals surface area contributed by atoms with Crippen molar-refractivity contribution in [2.45, 2.75) is 13.3 Å². The SMILES string of the molecule is CNc1cc(C)ccc1C(=N)CC(=O)O. The van der Waals surface area contributed by atoms with Gasteiger partial charge < -0.3 is 15.8 Å². The highest BCUT2D eigenvalue weighted by molar-refractivity contribution is 6.10. The van der Waals surface area contributed by atoms with E-state index in [-0.39, 0.29) is 12.1 Å². The molecule has 0 aliphatic carbocycles. The number of anilines is 1. The van der Waals surface area contributed by atoms with Crippen LogP contribution >= 0.6 is 0 Å². The van der Waals surface area contributed by atoms with Crippen molar-refractivity contribution in [2.75, 3.05) is 12.4 Å². The van der Waals surface area contributed by atoms with Crippen LogP contribution in [0.15, 0.2) is 18.2 Å². The summed E-state index contributed by atoms with van der Waals surface area (Å²) < 4.78 is 0. The Labute approximate surface area is 88.4 Å². The van der Waals surface area contributed by atoms with Crippen molar-refractivity contribution >= 4 is 17.4 Å². The number of rotatable bonds is 4. The molecule has 0 bridgehead atoms. The van der Waals surface area contributed by atoms with Gasteiger partial charge in [-0.05, 0) is 18.6 Å². The molecule has 1 rings (SSSR count). The van der Waals surface area contributed by atoms with Gasteiger partial charge in [-0.3, -0.25) is 4.79 Å². The van der Waals surface area contributed by atoms with E-state index in [1.807, 2.05) is 19.1 Å². The maximum Gasteiger partial charge on any atom is 0.309 e. The molecule has 1 aromatic carbocycles. The molecule has 1 aromatic rings. The highest BCUT2D eigenvalue weighted by atomic mass is 16.4. The molecule has 0 amide bonds. The van der Waals surface area contributed by atoms with Gasteiger partial charge in [0.1, 0.15) is 0 Å². The second kappa shape index (κ2) is 4.59. The van der Waals surface area contributed by atoms with Crippen molar-refractivity contribution in [1.82, 2.24) is 0 Å². The van der Waals surface area contributed by atoms with Crippen molar-refractivity contribution in [3.63, 3.8) is 0 Å². The van der Waals surface area contributed by atoms with Crippen molar-refractivity contribution < 1.29 is 9.90 Å². The molecule has 0 spiro atoms. The molecule has 0 heterocycles. The zero-order valence-electron chi connectivity index (χ0n) is 8.79. The summed E-state index contributed by atoms with van der Waals surface area (Å²) in [6.07, 6.45) is -0.252. The van der Waals surface area contributed by atoms with Crippen LogP contribution in [0.2, 0.25) is 0 Å². The van der Waals surface area contributed by atoms with Gasteiger partial charge in [-0.1, -0.05) is 12.1 Å². The molecule has 0 radical (unpaired) electrons. The smallest absolute Gasteiger partial charge is 0.309 e. The van der Waals surface area contributed by atoms with Crippen LogP contribution in [0.4, 0.5) is 5.69 Å². The van der Waals surface area contributed by atoms with E-state index in [1.165, 1.54) is 0 Å². The summed E-state index contributed by atoms with van der Waals surface area (Å²) in [5.74, 6) is -0.984. The van der Waals surface area contributed by atoms with Crippen molar-refractivity contribution in [2.24, 2.45) is 0 Å². The Bertz CT molecular complexity index is 400. The minimum Gasteiger partial charge on any atom is -0.481 e. The summed E-state index contributed by atoms with van der Waals surface area (Å²) in [5, 5.41) is 19.2. The van der Waals surface area contributed by atoms with Gasteiger partial charge in [0.15, 0.2) is 0 Å². The van der Waals surface area contributed by atoms with Gasteiger partial charge in [-0.15, -0.1) is 0 Å². The lowest BCUT2D eigenvalue weighted by Gasteiger charge is -2.09. The van der Waals surface area contributed by atoms with Crippen LogP contribution in [-0.4, -0.2) is 23.8 Å². The van der Waals surface area contributed by atoms with Crippen molar-refractivity contribution in [3.05, 3.63) is 29.3 Å². The number of benzene rings is 1. The van der Waals surface area contributed by atoms with Crippen molar-refractivity contribution in [3.8, 4) is 0 Å². The lowest BCUT2D eigenvalue weighted by atomic mass is 10.0. The minimum atomic E-state index is -0.984. The van der Waals surface area contributed by atoms with Crippen LogP contribution in [0.25, 0.3) is 0 Å². The predicted molar refractivity (Wildman–Crippen MR) is 59.8 cm³/mol. The first-order valence-electron chi connectivity index (χ1n) is 4.62. The van der Waals surface area contributed by atoms with Gasteiger partial charge in [0.2, 0.25) is 0 Å². The number of carbonyl (C=O) groups is 1. The monoisotopic (exact) mass is 206 g/mol. The first kappa shape index (κ1) is 11.2. The van der Waals surface area contributed by atoms with Gasteiger partial charge in [-0.2, -0.15) is 0 Å². The van der Waals surface area contributed by atoms with Crippen molar-refractivity contribution in [1.29, 1.82) is 5.41 Å². The molecule has 0 saturated carbocycles. The highest BCUT2D eigenvalue weighted by Crippen LogP contribution is 2.18. The van der Waals surface area contributed by atoms with E-state index in [0.29, 0.717) is 5.56 Å². The summed E-state index contributed by atoms with van der Waals surface area (Å²) in [4.78, 5) is 10.5. The number of carboxylic acid groups (broad SMARTS) is 1. The zero-order chi connectivity index (χ0) is 11.4. The Balaban J connectivity index is 3.02. The van der Waals surface area contributed by atoms with Crippen LogP contribution in [0, 0.1) is 12.3 Å².